The number of likely N-dealkylation sites (tertiary alicyclic amines) is 1. The molecule has 0 spiro atoms. The van der Waals surface area contributed by atoms with Crippen LogP contribution in [0.4, 0.5) is 0 Å². The summed E-state index contributed by atoms with van der Waals surface area (Å²) in [6.07, 6.45) is 2.13. The lowest BCUT2D eigenvalue weighted by molar-refractivity contribution is -0.143. The molecular formula is C17H20N2O3. The molecule has 116 valence electrons. The van der Waals surface area contributed by atoms with Gasteiger partial charge in [0.05, 0.1) is 0 Å². The van der Waals surface area contributed by atoms with E-state index < -0.39 is 6.04 Å². The minimum absolute atomic E-state index is 0.00130. The molecule has 0 bridgehead atoms. The Morgan fingerprint density at radius 3 is 2.82 bits per heavy atom. The lowest BCUT2D eigenvalue weighted by atomic mass is 9.96. The van der Waals surface area contributed by atoms with Gasteiger partial charge in [-0.15, -0.1) is 0 Å². The van der Waals surface area contributed by atoms with Crippen LogP contribution in [0.2, 0.25) is 0 Å². The number of carbonyl (C=O) groups excluding carboxylic acids is 3. The van der Waals surface area contributed by atoms with Crippen molar-refractivity contribution in [1.82, 2.24) is 10.2 Å². The Bertz CT molecular complexity index is 626. The first-order chi connectivity index (χ1) is 10.6. The van der Waals surface area contributed by atoms with Crippen molar-refractivity contribution in [3.63, 3.8) is 0 Å². The SMILES string of the molecule is CCc1cccc([C@@H]2CC(=O)N(C3CCC(=O)NC3=O)C2)c1. The molecule has 0 aromatic heterocycles. The summed E-state index contributed by atoms with van der Waals surface area (Å²) in [6.45, 7) is 2.66. The molecule has 5 heteroatoms. The third kappa shape index (κ3) is 2.75. The molecule has 2 aliphatic rings. The van der Waals surface area contributed by atoms with Crippen LogP contribution in [0.1, 0.15) is 43.2 Å². The van der Waals surface area contributed by atoms with Crippen molar-refractivity contribution in [2.75, 3.05) is 6.54 Å². The number of nitrogens with zero attached hydrogens (tertiary/aromatic N) is 1. The van der Waals surface area contributed by atoms with Crippen molar-refractivity contribution < 1.29 is 14.4 Å². The van der Waals surface area contributed by atoms with Gasteiger partial charge in [0.15, 0.2) is 0 Å². The normalized spacial score (nSPS) is 25.5. The summed E-state index contributed by atoms with van der Waals surface area (Å²) in [6, 6.07) is 7.80. The molecule has 2 fully saturated rings. The highest BCUT2D eigenvalue weighted by Gasteiger charge is 2.40. The zero-order valence-corrected chi connectivity index (χ0v) is 12.7. The van der Waals surface area contributed by atoms with Gasteiger partial charge in [0.2, 0.25) is 17.7 Å². The zero-order chi connectivity index (χ0) is 15.7. The third-order valence-corrected chi connectivity index (χ3v) is 4.58. The number of piperidine rings is 1. The van der Waals surface area contributed by atoms with Crippen LogP contribution in [0.25, 0.3) is 0 Å². The van der Waals surface area contributed by atoms with E-state index >= 15 is 0 Å². The number of imide groups is 1. The number of hydrogen-bond acceptors (Lipinski definition) is 3. The van der Waals surface area contributed by atoms with Gasteiger partial charge in [-0.05, 0) is 24.0 Å². The zero-order valence-electron chi connectivity index (χ0n) is 12.7. The summed E-state index contributed by atoms with van der Waals surface area (Å²) < 4.78 is 0. The summed E-state index contributed by atoms with van der Waals surface area (Å²) >= 11 is 0. The molecular weight excluding hydrogens is 280 g/mol. The van der Waals surface area contributed by atoms with Gasteiger partial charge < -0.3 is 4.90 Å². The molecule has 3 rings (SSSR count). The van der Waals surface area contributed by atoms with Gasteiger partial charge in [0.25, 0.3) is 0 Å². The van der Waals surface area contributed by atoms with E-state index in [4.69, 9.17) is 0 Å². The van der Waals surface area contributed by atoms with Crippen LogP contribution < -0.4 is 5.32 Å². The van der Waals surface area contributed by atoms with Crippen LogP contribution in [0.15, 0.2) is 24.3 Å². The maximum atomic E-state index is 12.3. The van der Waals surface area contributed by atoms with E-state index in [0.717, 1.165) is 12.0 Å². The highest BCUT2D eigenvalue weighted by atomic mass is 16.2. The standard InChI is InChI=1S/C17H20N2O3/c1-2-11-4-3-5-12(8-11)13-9-16(21)19(10-13)14-6-7-15(20)18-17(14)22/h3-5,8,13-14H,2,6-7,9-10H2,1H3,(H,18,20,22)/t13-,14?/m1/s1. The van der Waals surface area contributed by atoms with E-state index in [9.17, 15) is 14.4 Å². The minimum Gasteiger partial charge on any atom is -0.330 e. The van der Waals surface area contributed by atoms with Crippen LogP contribution in [-0.2, 0) is 20.8 Å². The van der Waals surface area contributed by atoms with Gasteiger partial charge in [-0.25, -0.2) is 0 Å². The van der Waals surface area contributed by atoms with Crippen molar-refractivity contribution in [2.45, 2.75) is 44.6 Å². The van der Waals surface area contributed by atoms with Crippen molar-refractivity contribution in [2.24, 2.45) is 0 Å². The topological polar surface area (TPSA) is 66.5 Å². The number of amides is 3. The largest absolute Gasteiger partial charge is 0.330 e. The summed E-state index contributed by atoms with van der Waals surface area (Å²) in [4.78, 5) is 37.1. The van der Waals surface area contributed by atoms with E-state index in [1.165, 1.54) is 5.56 Å². The Balaban J connectivity index is 1.75. The quantitative estimate of drug-likeness (QED) is 0.857. The summed E-state index contributed by atoms with van der Waals surface area (Å²) in [5.41, 5.74) is 2.41. The number of aryl methyl sites for hydroxylation is 1. The molecule has 22 heavy (non-hydrogen) atoms. The van der Waals surface area contributed by atoms with Gasteiger partial charge in [-0.1, -0.05) is 31.2 Å². The second kappa shape index (κ2) is 5.91. The van der Waals surface area contributed by atoms with Gasteiger partial charge in [0.1, 0.15) is 6.04 Å². The number of carbonyl (C=O) groups is 3. The fraction of sp³-hybridized carbons (Fsp3) is 0.471. The first kappa shape index (κ1) is 14.8. The summed E-state index contributed by atoms with van der Waals surface area (Å²) in [5.74, 6) is -0.460. The first-order valence-electron chi connectivity index (χ1n) is 7.80. The fourth-order valence-corrected chi connectivity index (χ4v) is 3.30. The van der Waals surface area contributed by atoms with E-state index in [1.807, 2.05) is 12.1 Å². The van der Waals surface area contributed by atoms with Crippen LogP contribution >= 0.6 is 0 Å². The van der Waals surface area contributed by atoms with Gasteiger partial charge in [0, 0.05) is 25.3 Å². The van der Waals surface area contributed by atoms with Crippen LogP contribution in [0, 0.1) is 0 Å². The lowest BCUT2D eigenvalue weighted by Gasteiger charge is -2.29. The number of hydrogen-bond donors (Lipinski definition) is 1. The summed E-state index contributed by atoms with van der Waals surface area (Å²) in [5, 5.41) is 2.33. The summed E-state index contributed by atoms with van der Waals surface area (Å²) in [7, 11) is 0. The molecule has 3 amide bonds. The first-order valence-corrected chi connectivity index (χ1v) is 7.80. The number of nitrogens with one attached hydrogen (secondary N) is 1. The number of rotatable bonds is 3. The van der Waals surface area contributed by atoms with Crippen molar-refractivity contribution in [1.29, 1.82) is 0 Å². The molecule has 1 aromatic rings. The smallest absolute Gasteiger partial charge is 0.249 e. The molecule has 0 saturated carbocycles. The molecule has 0 aliphatic carbocycles. The third-order valence-electron chi connectivity index (χ3n) is 4.58. The maximum absolute atomic E-state index is 12.3. The molecule has 1 N–H and O–H groups in total. The average Bonchev–Trinajstić information content (AvgIpc) is 2.89. The molecule has 2 atom stereocenters. The molecule has 0 radical (unpaired) electrons. The van der Waals surface area contributed by atoms with Gasteiger partial charge >= 0.3 is 0 Å². The van der Waals surface area contributed by atoms with Gasteiger partial charge in [-0.2, -0.15) is 0 Å². The maximum Gasteiger partial charge on any atom is 0.249 e. The Hall–Kier alpha value is -2.17. The van der Waals surface area contributed by atoms with Crippen molar-refractivity contribution in [3.05, 3.63) is 35.4 Å². The van der Waals surface area contributed by atoms with E-state index in [1.54, 1.807) is 4.90 Å². The predicted molar refractivity (Wildman–Crippen MR) is 81.1 cm³/mol. The number of benzene rings is 1. The molecule has 5 nitrogen and oxygen atoms in total. The highest BCUT2D eigenvalue weighted by Crippen LogP contribution is 2.31. The van der Waals surface area contributed by atoms with Crippen LogP contribution in [-0.4, -0.2) is 35.2 Å². The Labute approximate surface area is 129 Å². The highest BCUT2D eigenvalue weighted by molar-refractivity contribution is 6.02. The Kier molecular flexibility index (Phi) is 3.96. The van der Waals surface area contributed by atoms with Crippen molar-refractivity contribution >= 4 is 17.7 Å². The lowest BCUT2D eigenvalue weighted by Crippen LogP contribution is -2.52. The molecule has 1 unspecified atom stereocenters. The van der Waals surface area contributed by atoms with E-state index in [-0.39, 0.29) is 23.6 Å². The Morgan fingerprint density at radius 2 is 2.09 bits per heavy atom. The Morgan fingerprint density at radius 1 is 1.27 bits per heavy atom. The van der Waals surface area contributed by atoms with Crippen LogP contribution in [0.5, 0.6) is 0 Å². The molecule has 2 heterocycles. The van der Waals surface area contributed by atoms with Crippen molar-refractivity contribution in [3.8, 4) is 0 Å². The monoisotopic (exact) mass is 300 g/mol. The second-order valence-electron chi connectivity index (χ2n) is 6.01. The second-order valence-corrected chi connectivity index (χ2v) is 6.01. The molecule has 1 aromatic carbocycles. The molecule has 2 saturated heterocycles. The van der Waals surface area contributed by atoms with E-state index in [2.05, 4.69) is 24.4 Å². The average molecular weight is 300 g/mol. The molecule has 2 aliphatic heterocycles. The van der Waals surface area contributed by atoms with Gasteiger partial charge in [-0.3, -0.25) is 19.7 Å². The predicted octanol–water partition coefficient (Wildman–Crippen LogP) is 1.37. The van der Waals surface area contributed by atoms with Crippen LogP contribution in [0.3, 0.4) is 0 Å². The van der Waals surface area contributed by atoms with E-state index in [0.29, 0.717) is 25.8 Å². The fourth-order valence-electron chi connectivity index (χ4n) is 3.30. The minimum atomic E-state index is -0.496.